The molecule has 1 aromatic heterocycles. The van der Waals surface area contributed by atoms with Crippen molar-refractivity contribution in [3.63, 3.8) is 0 Å². The molecule has 2 aromatic rings. The van der Waals surface area contributed by atoms with E-state index in [1.165, 1.54) is 24.1 Å². The van der Waals surface area contributed by atoms with Gasteiger partial charge < -0.3 is 14.7 Å². The van der Waals surface area contributed by atoms with Crippen molar-refractivity contribution in [2.45, 2.75) is 19.8 Å². The van der Waals surface area contributed by atoms with Gasteiger partial charge in [0, 0.05) is 51.2 Å². The van der Waals surface area contributed by atoms with E-state index < -0.39 is 0 Å². The lowest BCUT2D eigenvalue weighted by Crippen LogP contribution is -2.49. The Balaban J connectivity index is 1.41. The topological polar surface area (TPSA) is 52.6 Å². The zero-order valence-corrected chi connectivity index (χ0v) is 15.3. The largest absolute Gasteiger partial charge is 0.368 e. The van der Waals surface area contributed by atoms with Crippen LogP contribution >= 0.6 is 0 Å². The molecule has 6 heteroatoms. The zero-order chi connectivity index (χ0) is 17.9. The van der Waals surface area contributed by atoms with Gasteiger partial charge in [0.05, 0.1) is 0 Å². The number of nitrogens with zero attached hydrogens (tertiary/aromatic N) is 5. The van der Waals surface area contributed by atoms with Crippen LogP contribution in [-0.4, -0.2) is 60.0 Å². The molecule has 6 nitrogen and oxygen atoms in total. The van der Waals surface area contributed by atoms with Crippen molar-refractivity contribution < 1.29 is 4.79 Å². The second-order valence-electron chi connectivity index (χ2n) is 7.05. The maximum Gasteiger partial charge on any atom is 0.272 e. The molecule has 4 rings (SSSR count). The molecule has 2 fully saturated rings. The SMILES string of the molecule is Cc1cccc(N2CCN(C(=O)c3ccnc(N4CCCC4)n3)CC2)c1. The summed E-state index contributed by atoms with van der Waals surface area (Å²) in [6, 6.07) is 10.3. The summed E-state index contributed by atoms with van der Waals surface area (Å²) < 4.78 is 0. The standard InChI is InChI=1S/C20H25N5O/c1-16-5-4-6-17(15-16)23-11-13-24(14-12-23)19(26)18-7-8-21-20(22-18)25-9-2-3-10-25/h4-8,15H,2-3,9-14H2,1H3. The highest BCUT2D eigenvalue weighted by atomic mass is 16.2. The molecule has 1 amide bonds. The van der Waals surface area contributed by atoms with Crippen LogP contribution in [0.3, 0.4) is 0 Å². The maximum absolute atomic E-state index is 12.9. The second kappa shape index (κ2) is 7.32. The zero-order valence-electron chi connectivity index (χ0n) is 15.3. The third-order valence-electron chi connectivity index (χ3n) is 5.18. The monoisotopic (exact) mass is 351 g/mol. The van der Waals surface area contributed by atoms with Gasteiger partial charge in [0.2, 0.25) is 5.95 Å². The van der Waals surface area contributed by atoms with Gasteiger partial charge in [-0.05, 0) is 43.5 Å². The van der Waals surface area contributed by atoms with E-state index >= 15 is 0 Å². The summed E-state index contributed by atoms with van der Waals surface area (Å²) in [4.78, 5) is 28.1. The van der Waals surface area contributed by atoms with E-state index in [-0.39, 0.29) is 5.91 Å². The smallest absolute Gasteiger partial charge is 0.272 e. The quantitative estimate of drug-likeness (QED) is 0.850. The van der Waals surface area contributed by atoms with Crippen molar-refractivity contribution in [2.24, 2.45) is 0 Å². The number of rotatable bonds is 3. The van der Waals surface area contributed by atoms with Gasteiger partial charge >= 0.3 is 0 Å². The Morgan fingerprint density at radius 2 is 1.73 bits per heavy atom. The number of piperazine rings is 1. The summed E-state index contributed by atoms with van der Waals surface area (Å²) in [5.74, 6) is 0.698. The lowest BCUT2D eigenvalue weighted by molar-refractivity contribution is 0.0740. The number of hydrogen-bond acceptors (Lipinski definition) is 5. The lowest BCUT2D eigenvalue weighted by atomic mass is 10.2. The van der Waals surface area contributed by atoms with Gasteiger partial charge in [-0.15, -0.1) is 0 Å². The summed E-state index contributed by atoms with van der Waals surface area (Å²) in [6.45, 7) is 7.19. The first-order chi connectivity index (χ1) is 12.7. The molecule has 0 atom stereocenters. The molecule has 2 aliphatic rings. The van der Waals surface area contributed by atoms with Gasteiger partial charge in [-0.25, -0.2) is 9.97 Å². The van der Waals surface area contributed by atoms with Crippen LogP contribution in [0.5, 0.6) is 0 Å². The van der Waals surface area contributed by atoms with E-state index in [0.717, 1.165) is 39.3 Å². The lowest BCUT2D eigenvalue weighted by Gasteiger charge is -2.36. The molecule has 3 heterocycles. The number of benzene rings is 1. The molecule has 136 valence electrons. The van der Waals surface area contributed by atoms with Crippen LogP contribution in [0.2, 0.25) is 0 Å². The first-order valence-corrected chi connectivity index (χ1v) is 9.39. The molecule has 0 bridgehead atoms. The molecule has 0 saturated carbocycles. The number of aryl methyl sites for hydroxylation is 1. The van der Waals surface area contributed by atoms with Gasteiger partial charge in [-0.3, -0.25) is 4.79 Å². The Kier molecular flexibility index (Phi) is 4.73. The Labute approximate surface area is 154 Å². The molecule has 2 aliphatic heterocycles. The first-order valence-electron chi connectivity index (χ1n) is 9.39. The van der Waals surface area contributed by atoms with Crippen LogP contribution in [0.4, 0.5) is 11.6 Å². The van der Waals surface area contributed by atoms with E-state index in [1.54, 1.807) is 12.3 Å². The van der Waals surface area contributed by atoms with Crippen molar-refractivity contribution in [2.75, 3.05) is 49.1 Å². The van der Waals surface area contributed by atoms with Gasteiger partial charge in [-0.2, -0.15) is 0 Å². The fourth-order valence-corrected chi connectivity index (χ4v) is 3.69. The average Bonchev–Trinajstić information content (AvgIpc) is 3.23. The predicted molar refractivity (Wildman–Crippen MR) is 103 cm³/mol. The Morgan fingerprint density at radius 3 is 2.46 bits per heavy atom. The molecule has 0 unspecified atom stereocenters. The third-order valence-corrected chi connectivity index (χ3v) is 5.18. The molecule has 0 N–H and O–H groups in total. The van der Waals surface area contributed by atoms with Crippen LogP contribution in [0.25, 0.3) is 0 Å². The maximum atomic E-state index is 12.9. The fourth-order valence-electron chi connectivity index (χ4n) is 3.69. The molecule has 0 aliphatic carbocycles. The van der Waals surface area contributed by atoms with Crippen molar-refractivity contribution in [3.05, 3.63) is 47.8 Å². The predicted octanol–water partition coefficient (Wildman–Crippen LogP) is 2.35. The third kappa shape index (κ3) is 3.49. The minimum Gasteiger partial charge on any atom is -0.368 e. The molecule has 26 heavy (non-hydrogen) atoms. The fraction of sp³-hybridized carbons (Fsp3) is 0.450. The normalized spacial score (nSPS) is 17.7. The first kappa shape index (κ1) is 16.8. The molecule has 0 radical (unpaired) electrons. The highest BCUT2D eigenvalue weighted by Crippen LogP contribution is 2.19. The Morgan fingerprint density at radius 1 is 0.962 bits per heavy atom. The number of hydrogen-bond donors (Lipinski definition) is 0. The highest BCUT2D eigenvalue weighted by Gasteiger charge is 2.24. The van der Waals surface area contributed by atoms with Crippen molar-refractivity contribution in [1.29, 1.82) is 0 Å². The molecular weight excluding hydrogens is 326 g/mol. The number of amides is 1. The van der Waals surface area contributed by atoms with Gasteiger partial charge in [-0.1, -0.05) is 12.1 Å². The summed E-state index contributed by atoms with van der Waals surface area (Å²) in [7, 11) is 0. The highest BCUT2D eigenvalue weighted by molar-refractivity contribution is 5.92. The molecular formula is C20H25N5O. The number of anilines is 2. The van der Waals surface area contributed by atoms with E-state index in [2.05, 4.69) is 51.0 Å². The van der Waals surface area contributed by atoms with E-state index in [9.17, 15) is 4.79 Å². The average molecular weight is 351 g/mol. The van der Waals surface area contributed by atoms with E-state index in [4.69, 9.17) is 0 Å². The van der Waals surface area contributed by atoms with Crippen LogP contribution < -0.4 is 9.80 Å². The second-order valence-corrected chi connectivity index (χ2v) is 7.05. The number of aromatic nitrogens is 2. The van der Waals surface area contributed by atoms with Crippen LogP contribution in [0, 0.1) is 6.92 Å². The summed E-state index contributed by atoms with van der Waals surface area (Å²) in [5, 5.41) is 0. The van der Waals surface area contributed by atoms with Gasteiger partial charge in [0.15, 0.2) is 0 Å². The van der Waals surface area contributed by atoms with Crippen LogP contribution in [0.1, 0.15) is 28.9 Å². The minimum atomic E-state index is 0.0109. The molecule has 1 aromatic carbocycles. The molecule has 0 spiro atoms. The van der Waals surface area contributed by atoms with Crippen LogP contribution in [0.15, 0.2) is 36.5 Å². The Hall–Kier alpha value is -2.63. The van der Waals surface area contributed by atoms with E-state index in [1.807, 2.05) is 4.90 Å². The van der Waals surface area contributed by atoms with Crippen LogP contribution in [-0.2, 0) is 0 Å². The summed E-state index contributed by atoms with van der Waals surface area (Å²) in [6.07, 6.45) is 4.04. The summed E-state index contributed by atoms with van der Waals surface area (Å²) >= 11 is 0. The van der Waals surface area contributed by atoms with Crippen molar-refractivity contribution in [3.8, 4) is 0 Å². The minimum absolute atomic E-state index is 0.0109. The summed E-state index contributed by atoms with van der Waals surface area (Å²) in [5.41, 5.74) is 3.00. The van der Waals surface area contributed by atoms with Gasteiger partial charge in [0.1, 0.15) is 5.69 Å². The Bertz CT molecular complexity index is 779. The number of carbonyl (C=O) groups is 1. The van der Waals surface area contributed by atoms with Gasteiger partial charge in [0.25, 0.3) is 5.91 Å². The number of carbonyl (C=O) groups excluding carboxylic acids is 1. The van der Waals surface area contributed by atoms with Crippen molar-refractivity contribution >= 4 is 17.5 Å². The van der Waals surface area contributed by atoms with E-state index in [0.29, 0.717) is 11.6 Å². The molecule has 2 saturated heterocycles. The van der Waals surface area contributed by atoms with Crippen molar-refractivity contribution in [1.82, 2.24) is 14.9 Å².